The second-order valence-electron chi connectivity index (χ2n) is 5.15. The summed E-state index contributed by atoms with van der Waals surface area (Å²) >= 11 is 3.29. The van der Waals surface area contributed by atoms with Crippen molar-refractivity contribution in [2.45, 2.75) is 32.7 Å². The summed E-state index contributed by atoms with van der Waals surface area (Å²) in [6, 6.07) is 3.70. The number of hydrogen-bond acceptors (Lipinski definition) is 4. The van der Waals surface area contributed by atoms with E-state index < -0.39 is 5.97 Å². The SMILES string of the molecule is CCN(C(=O)COC(=O)c1cc(Br)cc(N)c1C)C1CC1. The van der Waals surface area contributed by atoms with E-state index in [0.29, 0.717) is 33.9 Å². The largest absolute Gasteiger partial charge is 0.452 e. The van der Waals surface area contributed by atoms with Crippen LogP contribution in [0.1, 0.15) is 35.7 Å². The van der Waals surface area contributed by atoms with Crippen LogP contribution in [0.25, 0.3) is 0 Å². The van der Waals surface area contributed by atoms with Gasteiger partial charge in [0.15, 0.2) is 6.61 Å². The number of anilines is 1. The molecule has 1 aliphatic rings. The van der Waals surface area contributed by atoms with Crippen molar-refractivity contribution in [2.75, 3.05) is 18.9 Å². The topological polar surface area (TPSA) is 72.6 Å². The van der Waals surface area contributed by atoms with Gasteiger partial charge in [0.25, 0.3) is 5.91 Å². The highest BCUT2D eigenvalue weighted by atomic mass is 79.9. The van der Waals surface area contributed by atoms with E-state index >= 15 is 0 Å². The highest BCUT2D eigenvalue weighted by Gasteiger charge is 2.31. The Kier molecular flexibility index (Phi) is 4.88. The van der Waals surface area contributed by atoms with Crippen LogP contribution >= 0.6 is 15.9 Å². The Morgan fingerprint density at radius 2 is 2.10 bits per heavy atom. The van der Waals surface area contributed by atoms with E-state index in [1.165, 1.54) is 0 Å². The average Bonchev–Trinajstić information content (AvgIpc) is 3.25. The molecule has 114 valence electrons. The van der Waals surface area contributed by atoms with Crippen molar-refractivity contribution in [2.24, 2.45) is 0 Å². The number of hydrogen-bond donors (Lipinski definition) is 1. The van der Waals surface area contributed by atoms with Crippen molar-refractivity contribution >= 4 is 33.5 Å². The Hall–Kier alpha value is -1.56. The standard InChI is InChI=1S/C15H19BrN2O3/c1-3-18(11-4-5-11)14(19)8-21-15(20)12-6-10(16)7-13(17)9(12)2/h6-7,11H,3-5,8,17H2,1-2H3. The first-order chi connectivity index (χ1) is 9.93. The van der Waals surface area contributed by atoms with Crippen LogP contribution in [0.3, 0.4) is 0 Å². The van der Waals surface area contributed by atoms with Gasteiger partial charge < -0.3 is 15.4 Å². The van der Waals surface area contributed by atoms with Crippen LogP contribution in [0.2, 0.25) is 0 Å². The minimum atomic E-state index is -0.527. The summed E-state index contributed by atoms with van der Waals surface area (Å²) in [5.74, 6) is -0.672. The number of amides is 1. The minimum absolute atomic E-state index is 0.144. The molecule has 0 radical (unpaired) electrons. The Labute approximate surface area is 132 Å². The predicted octanol–water partition coefficient (Wildman–Crippen LogP) is 2.51. The molecule has 0 saturated heterocycles. The lowest BCUT2D eigenvalue weighted by Crippen LogP contribution is -2.36. The molecular formula is C15H19BrN2O3. The van der Waals surface area contributed by atoms with Gasteiger partial charge in [-0.25, -0.2) is 4.79 Å². The van der Waals surface area contributed by atoms with Crippen LogP contribution < -0.4 is 5.73 Å². The first-order valence-corrected chi connectivity index (χ1v) is 7.75. The zero-order valence-electron chi connectivity index (χ0n) is 12.2. The summed E-state index contributed by atoms with van der Waals surface area (Å²) in [5, 5.41) is 0. The first kappa shape index (κ1) is 15.8. The molecule has 5 nitrogen and oxygen atoms in total. The number of benzene rings is 1. The lowest BCUT2D eigenvalue weighted by Gasteiger charge is -2.20. The molecular weight excluding hydrogens is 336 g/mol. The Morgan fingerprint density at radius 1 is 1.43 bits per heavy atom. The molecule has 0 atom stereocenters. The number of esters is 1. The number of rotatable bonds is 5. The van der Waals surface area contributed by atoms with Crippen LogP contribution in [0.5, 0.6) is 0 Å². The molecule has 0 bridgehead atoms. The molecule has 2 rings (SSSR count). The Morgan fingerprint density at radius 3 is 2.67 bits per heavy atom. The van der Waals surface area contributed by atoms with Gasteiger partial charge in [0, 0.05) is 22.7 Å². The van der Waals surface area contributed by atoms with Gasteiger partial charge in [-0.2, -0.15) is 0 Å². The molecule has 0 unspecified atom stereocenters. The van der Waals surface area contributed by atoms with Crippen molar-refractivity contribution in [3.8, 4) is 0 Å². The zero-order valence-corrected chi connectivity index (χ0v) is 13.8. The van der Waals surface area contributed by atoms with Crippen LogP contribution in [-0.2, 0) is 9.53 Å². The van der Waals surface area contributed by atoms with Crippen molar-refractivity contribution in [1.29, 1.82) is 0 Å². The minimum Gasteiger partial charge on any atom is -0.452 e. The van der Waals surface area contributed by atoms with E-state index in [-0.39, 0.29) is 12.5 Å². The van der Waals surface area contributed by atoms with E-state index in [0.717, 1.165) is 12.8 Å². The molecule has 2 N–H and O–H groups in total. The predicted molar refractivity (Wildman–Crippen MR) is 84.0 cm³/mol. The molecule has 21 heavy (non-hydrogen) atoms. The van der Waals surface area contributed by atoms with Crippen LogP contribution in [0.15, 0.2) is 16.6 Å². The molecule has 1 amide bonds. The number of ether oxygens (including phenoxy) is 1. The van der Waals surface area contributed by atoms with Crippen molar-refractivity contribution in [3.63, 3.8) is 0 Å². The number of nitrogens with zero attached hydrogens (tertiary/aromatic N) is 1. The quantitative estimate of drug-likeness (QED) is 0.651. The summed E-state index contributed by atoms with van der Waals surface area (Å²) in [5.41, 5.74) is 7.37. The van der Waals surface area contributed by atoms with Gasteiger partial charge >= 0.3 is 5.97 Å². The van der Waals surface area contributed by atoms with Crippen molar-refractivity contribution < 1.29 is 14.3 Å². The van der Waals surface area contributed by atoms with Crippen molar-refractivity contribution in [3.05, 3.63) is 27.7 Å². The van der Waals surface area contributed by atoms with Gasteiger partial charge in [0.2, 0.25) is 0 Å². The molecule has 0 aliphatic heterocycles. The molecule has 1 aromatic carbocycles. The van der Waals surface area contributed by atoms with Gasteiger partial charge in [0.1, 0.15) is 0 Å². The summed E-state index contributed by atoms with van der Waals surface area (Å²) < 4.78 is 5.84. The molecule has 0 spiro atoms. The Balaban J connectivity index is 2.00. The number of halogens is 1. The summed E-state index contributed by atoms with van der Waals surface area (Å²) in [6.07, 6.45) is 2.07. The maximum absolute atomic E-state index is 12.1. The molecule has 1 aromatic rings. The van der Waals surface area contributed by atoms with Gasteiger partial charge in [-0.15, -0.1) is 0 Å². The first-order valence-electron chi connectivity index (χ1n) is 6.96. The van der Waals surface area contributed by atoms with E-state index in [1.807, 2.05) is 6.92 Å². The summed E-state index contributed by atoms with van der Waals surface area (Å²) in [6.45, 7) is 4.10. The normalized spacial score (nSPS) is 13.9. The Bertz CT molecular complexity index is 570. The third kappa shape index (κ3) is 3.75. The second kappa shape index (κ2) is 6.47. The van der Waals surface area contributed by atoms with Crippen LogP contribution in [0.4, 0.5) is 5.69 Å². The third-order valence-electron chi connectivity index (χ3n) is 3.61. The monoisotopic (exact) mass is 354 g/mol. The molecule has 0 aromatic heterocycles. The average molecular weight is 355 g/mol. The van der Waals surface area contributed by atoms with Gasteiger partial charge in [-0.1, -0.05) is 15.9 Å². The van der Waals surface area contributed by atoms with E-state index in [4.69, 9.17) is 10.5 Å². The van der Waals surface area contributed by atoms with E-state index in [1.54, 1.807) is 24.0 Å². The van der Waals surface area contributed by atoms with Crippen LogP contribution in [0, 0.1) is 6.92 Å². The van der Waals surface area contributed by atoms with Crippen LogP contribution in [-0.4, -0.2) is 36.0 Å². The van der Waals surface area contributed by atoms with E-state index in [9.17, 15) is 9.59 Å². The number of likely N-dealkylation sites (N-methyl/N-ethyl adjacent to an activating group) is 1. The van der Waals surface area contributed by atoms with Gasteiger partial charge in [-0.05, 0) is 44.4 Å². The highest BCUT2D eigenvalue weighted by Crippen LogP contribution is 2.27. The molecule has 0 heterocycles. The maximum Gasteiger partial charge on any atom is 0.339 e. The third-order valence-corrected chi connectivity index (χ3v) is 4.07. The molecule has 1 aliphatic carbocycles. The summed E-state index contributed by atoms with van der Waals surface area (Å²) in [4.78, 5) is 25.9. The number of carbonyl (C=O) groups is 2. The van der Waals surface area contributed by atoms with Gasteiger partial charge in [0.05, 0.1) is 5.56 Å². The van der Waals surface area contributed by atoms with Crippen molar-refractivity contribution in [1.82, 2.24) is 4.90 Å². The van der Waals surface area contributed by atoms with Gasteiger partial charge in [-0.3, -0.25) is 4.79 Å². The molecule has 6 heteroatoms. The number of nitrogen functional groups attached to an aromatic ring is 1. The lowest BCUT2D eigenvalue weighted by atomic mass is 10.1. The number of carbonyl (C=O) groups excluding carboxylic acids is 2. The summed E-state index contributed by atoms with van der Waals surface area (Å²) in [7, 11) is 0. The lowest BCUT2D eigenvalue weighted by molar-refractivity contribution is -0.134. The maximum atomic E-state index is 12.1. The highest BCUT2D eigenvalue weighted by molar-refractivity contribution is 9.10. The number of nitrogens with two attached hydrogens (primary N) is 1. The fourth-order valence-corrected chi connectivity index (χ4v) is 2.70. The molecule has 1 fully saturated rings. The smallest absolute Gasteiger partial charge is 0.339 e. The fraction of sp³-hybridized carbons (Fsp3) is 0.467. The zero-order chi connectivity index (χ0) is 15.6. The molecule has 1 saturated carbocycles. The van der Waals surface area contributed by atoms with E-state index in [2.05, 4.69) is 15.9 Å². The second-order valence-corrected chi connectivity index (χ2v) is 6.07. The fourth-order valence-electron chi connectivity index (χ4n) is 2.22.